The summed E-state index contributed by atoms with van der Waals surface area (Å²) in [7, 11) is 0. The minimum Gasteiger partial charge on any atom is -0.444 e. The standard InChI is InChI=1S/2C25H39NO4S/c1-17(27)16-23(5,6)25(9,10)31-20(28)19(26-21(29)30-22(2,3)4)24(7,8)18-14-12-11-13-15-18;1-17(27)16-23(5,6)25(9,10)31-20(28)24(7,8)19(18-14-12-11-13-15-18)26-21(29)30-22(2,3)4/h2*11-15,19H,16H2,1-10H3,(H,26,29)/t19-;/m1./s1. The lowest BCUT2D eigenvalue weighted by Gasteiger charge is -2.43. The lowest BCUT2D eigenvalue weighted by atomic mass is 9.76. The molecule has 0 aliphatic carbocycles. The number of alkyl carbamates (subject to hydrolysis) is 2. The molecule has 0 saturated carbocycles. The van der Waals surface area contributed by atoms with Gasteiger partial charge in [-0.3, -0.25) is 9.59 Å². The number of thioether (sulfide) groups is 2. The number of hydrogen-bond donors (Lipinski definition) is 2. The Morgan fingerprint density at radius 1 is 0.532 bits per heavy atom. The van der Waals surface area contributed by atoms with Gasteiger partial charge in [-0.25, -0.2) is 9.59 Å². The molecule has 2 aromatic carbocycles. The van der Waals surface area contributed by atoms with Crippen molar-refractivity contribution in [1.82, 2.24) is 10.6 Å². The van der Waals surface area contributed by atoms with Crippen molar-refractivity contribution in [3.05, 3.63) is 71.8 Å². The third-order valence-corrected chi connectivity index (χ3v) is 14.8. The Labute approximate surface area is 382 Å². The Morgan fingerprint density at radius 3 is 1.29 bits per heavy atom. The number of hydrogen-bond acceptors (Lipinski definition) is 10. The summed E-state index contributed by atoms with van der Waals surface area (Å²) < 4.78 is 9.88. The first kappa shape index (κ1) is 56.4. The van der Waals surface area contributed by atoms with Gasteiger partial charge in [-0.15, -0.1) is 0 Å². The molecule has 348 valence electrons. The molecule has 2 N–H and O–H groups in total. The van der Waals surface area contributed by atoms with Gasteiger partial charge in [0.15, 0.2) is 5.12 Å². The van der Waals surface area contributed by atoms with E-state index in [2.05, 4.69) is 10.6 Å². The van der Waals surface area contributed by atoms with Gasteiger partial charge >= 0.3 is 12.2 Å². The number of rotatable bonds is 16. The molecule has 0 aromatic heterocycles. The van der Waals surface area contributed by atoms with Gasteiger partial charge in [0.25, 0.3) is 0 Å². The van der Waals surface area contributed by atoms with Gasteiger partial charge in [-0.05, 0) is 119 Å². The third kappa shape index (κ3) is 17.1. The maximum absolute atomic E-state index is 13.6. The Kier molecular flexibility index (Phi) is 19.4. The summed E-state index contributed by atoms with van der Waals surface area (Å²) in [4.78, 5) is 76.0. The van der Waals surface area contributed by atoms with Gasteiger partial charge in [0.2, 0.25) is 5.12 Å². The second-order valence-corrected chi connectivity index (χ2v) is 25.0. The molecule has 10 nitrogen and oxygen atoms in total. The molecule has 0 bridgehead atoms. The molecule has 1 unspecified atom stereocenters. The zero-order valence-corrected chi connectivity index (χ0v) is 43.1. The number of carbonyl (C=O) groups excluding carboxylic acids is 6. The highest BCUT2D eigenvalue weighted by Crippen LogP contribution is 2.49. The summed E-state index contributed by atoms with van der Waals surface area (Å²) in [6, 6.07) is 17.7. The van der Waals surface area contributed by atoms with Crippen LogP contribution in [0, 0.1) is 16.2 Å². The van der Waals surface area contributed by atoms with E-state index in [1.54, 1.807) is 55.4 Å². The van der Waals surface area contributed by atoms with E-state index >= 15 is 0 Å². The second kappa shape index (κ2) is 21.4. The first-order valence-electron chi connectivity index (χ1n) is 21.3. The highest BCUT2D eigenvalue weighted by Gasteiger charge is 2.48. The molecule has 0 heterocycles. The van der Waals surface area contributed by atoms with Crippen molar-refractivity contribution in [2.24, 2.45) is 16.2 Å². The molecular weight excluding hydrogens is 821 g/mol. The van der Waals surface area contributed by atoms with Crippen molar-refractivity contribution in [2.45, 2.75) is 190 Å². The van der Waals surface area contributed by atoms with E-state index in [1.165, 1.54) is 23.5 Å². The number of benzene rings is 2. The smallest absolute Gasteiger partial charge is 0.408 e. The molecule has 0 radical (unpaired) electrons. The van der Waals surface area contributed by atoms with Crippen LogP contribution in [0.3, 0.4) is 0 Å². The fraction of sp³-hybridized carbons (Fsp3) is 0.640. The first-order chi connectivity index (χ1) is 27.8. The van der Waals surface area contributed by atoms with Crippen LogP contribution in [0.1, 0.15) is 168 Å². The number of ether oxygens (including phenoxy) is 2. The van der Waals surface area contributed by atoms with Crippen molar-refractivity contribution < 1.29 is 38.2 Å². The zero-order valence-electron chi connectivity index (χ0n) is 41.4. The molecule has 2 rings (SSSR count). The molecule has 62 heavy (non-hydrogen) atoms. The summed E-state index contributed by atoms with van der Waals surface area (Å²) in [6.45, 7) is 37.4. The predicted octanol–water partition coefficient (Wildman–Crippen LogP) is 12.2. The summed E-state index contributed by atoms with van der Waals surface area (Å²) in [5.41, 5.74) is -1.95. The van der Waals surface area contributed by atoms with E-state index in [1.807, 2.05) is 144 Å². The Bertz CT molecular complexity index is 1850. The molecule has 0 aliphatic rings. The molecule has 12 heteroatoms. The normalized spacial score (nSPS) is 14.0. The molecule has 2 atom stereocenters. The first-order valence-corrected chi connectivity index (χ1v) is 23.0. The summed E-state index contributed by atoms with van der Waals surface area (Å²) in [5.74, 6) is 0.179. The Morgan fingerprint density at radius 2 is 0.903 bits per heavy atom. The highest BCUT2D eigenvalue weighted by molar-refractivity contribution is 8.15. The van der Waals surface area contributed by atoms with Gasteiger partial charge in [0.1, 0.15) is 28.8 Å². The zero-order chi connectivity index (χ0) is 48.5. The van der Waals surface area contributed by atoms with Crippen LogP contribution in [0.25, 0.3) is 0 Å². The van der Waals surface area contributed by atoms with Crippen molar-refractivity contribution in [1.29, 1.82) is 0 Å². The maximum Gasteiger partial charge on any atom is 0.408 e. The average molecular weight is 899 g/mol. The van der Waals surface area contributed by atoms with Gasteiger partial charge in [0, 0.05) is 27.8 Å². The molecular formula is C50H78N2O8S2. The van der Waals surface area contributed by atoms with Crippen molar-refractivity contribution >= 4 is 57.5 Å². The summed E-state index contributed by atoms with van der Waals surface area (Å²) >= 11 is 2.42. The quantitative estimate of drug-likeness (QED) is 0.167. The van der Waals surface area contributed by atoms with Crippen molar-refractivity contribution in [2.75, 3.05) is 0 Å². The summed E-state index contributed by atoms with van der Waals surface area (Å²) in [5, 5.41) is 5.52. The van der Waals surface area contributed by atoms with Crippen LogP contribution < -0.4 is 10.6 Å². The highest BCUT2D eigenvalue weighted by atomic mass is 32.2. The van der Waals surface area contributed by atoms with Crippen molar-refractivity contribution in [3.8, 4) is 0 Å². The Hall–Kier alpha value is -3.64. The molecule has 0 spiro atoms. The second-order valence-electron chi connectivity index (χ2n) is 21.7. The summed E-state index contributed by atoms with van der Waals surface area (Å²) in [6.07, 6.45) is -0.439. The van der Waals surface area contributed by atoms with Crippen LogP contribution in [0.5, 0.6) is 0 Å². The topological polar surface area (TPSA) is 145 Å². The monoisotopic (exact) mass is 899 g/mol. The van der Waals surface area contributed by atoms with E-state index in [0.29, 0.717) is 12.8 Å². The third-order valence-electron chi connectivity index (χ3n) is 11.5. The SMILES string of the molecule is CC(=O)CC(C)(C)C(C)(C)SC(=O)C(C)(C)C(NC(=O)OC(C)(C)C)c1ccccc1.CC(=O)CC(C)(C)C(C)(C)SC(=O)[C@@H](NC(=O)OC(C)(C)C)C(C)(C)c1ccccc1. The van der Waals surface area contributed by atoms with Crippen LogP contribution in [-0.4, -0.2) is 60.7 Å². The van der Waals surface area contributed by atoms with Crippen LogP contribution in [0.4, 0.5) is 9.59 Å². The minimum atomic E-state index is -0.924. The molecule has 0 fully saturated rings. The van der Waals surface area contributed by atoms with Crippen LogP contribution in [-0.2, 0) is 34.1 Å². The maximum atomic E-state index is 13.6. The number of nitrogens with one attached hydrogen (secondary N) is 2. The molecule has 0 aliphatic heterocycles. The van der Waals surface area contributed by atoms with Gasteiger partial charge < -0.3 is 29.7 Å². The van der Waals surface area contributed by atoms with Gasteiger partial charge in [-0.2, -0.15) is 0 Å². The predicted molar refractivity (Wildman–Crippen MR) is 256 cm³/mol. The van der Waals surface area contributed by atoms with E-state index in [4.69, 9.17) is 9.47 Å². The lowest BCUT2D eigenvalue weighted by molar-refractivity contribution is -0.121. The average Bonchev–Trinajstić information content (AvgIpc) is 3.07. The molecule has 0 saturated heterocycles. The number of amides is 2. The Balaban J connectivity index is 0.000000620. The van der Waals surface area contributed by atoms with Gasteiger partial charge in [0.05, 0.1) is 11.5 Å². The minimum absolute atomic E-state index is 0.0564. The van der Waals surface area contributed by atoms with E-state index in [0.717, 1.165) is 11.1 Å². The van der Waals surface area contributed by atoms with Crippen molar-refractivity contribution in [3.63, 3.8) is 0 Å². The lowest BCUT2D eigenvalue weighted by Crippen LogP contribution is -2.54. The largest absolute Gasteiger partial charge is 0.444 e. The van der Waals surface area contributed by atoms with E-state index < -0.39 is 61.2 Å². The fourth-order valence-corrected chi connectivity index (χ4v) is 9.00. The number of carbonyl (C=O) groups is 6. The van der Waals surface area contributed by atoms with E-state index in [-0.39, 0.29) is 27.2 Å². The van der Waals surface area contributed by atoms with Gasteiger partial charge in [-0.1, -0.05) is 126 Å². The van der Waals surface area contributed by atoms with E-state index in [9.17, 15) is 28.8 Å². The fourth-order valence-electron chi connectivity index (χ4n) is 6.48. The number of Topliss-reactive ketones (excluding diaryl/α,β-unsaturated/α-hetero) is 2. The molecule has 2 aromatic rings. The van der Waals surface area contributed by atoms with Crippen LogP contribution in [0.2, 0.25) is 0 Å². The molecule has 2 amide bonds. The van der Waals surface area contributed by atoms with Crippen LogP contribution >= 0.6 is 23.5 Å². The van der Waals surface area contributed by atoms with Crippen LogP contribution in [0.15, 0.2) is 60.7 Å². The number of ketones is 2.